The predicted octanol–water partition coefficient (Wildman–Crippen LogP) is 0.724. The van der Waals surface area contributed by atoms with Gasteiger partial charge < -0.3 is 10.6 Å². The van der Waals surface area contributed by atoms with Crippen molar-refractivity contribution >= 4 is 5.96 Å². The van der Waals surface area contributed by atoms with Crippen LogP contribution in [0.5, 0.6) is 0 Å². The van der Waals surface area contributed by atoms with E-state index < -0.39 is 0 Å². The number of hydrogen-bond donors (Lipinski definition) is 2. The number of nitrogens with zero attached hydrogens (tertiary/aromatic N) is 1. The van der Waals surface area contributed by atoms with E-state index in [0.29, 0.717) is 6.04 Å². The molecule has 0 bridgehead atoms. The molecule has 3 nitrogen and oxygen atoms in total. The molecule has 0 saturated heterocycles. The van der Waals surface area contributed by atoms with Crippen LogP contribution in [0.4, 0.5) is 0 Å². The monoisotopic (exact) mass is 167 g/mol. The minimum atomic E-state index is 0.522. The average molecular weight is 167 g/mol. The second-order valence-electron chi connectivity index (χ2n) is 3.91. The summed E-state index contributed by atoms with van der Waals surface area (Å²) in [7, 11) is 0. The van der Waals surface area contributed by atoms with Crippen molar-refractivity contribution in [3.05, 3.63) is 0 Å². The molecule has 3 heteroatoms. The first-order valence-corrected chi connectivity index (χ1v) is 4.89. The zero-order valence-corrected chi connectivity index (χ0v) is 7.64. The van der Waals surface area contributed by atoms with Crippen LogP contribution in [0.15, 0.2) is 4.99 Å². The first kappa shape index (κ1) is 7.90. The van der Waals surface area contributed by atoms with E-state index in [9.17, 15) is 0 Å². The minimum absolute atomic E-state index is 0.522. The number of aliphatic imine (C=N–C) groups is 1. The van der Waals surface area contributed by atoms with Gasteiger partial charge in [0.2, 0.25) is 0 Å². The summed E-state index contributed by atoms with van der Waals surface area (Å²) in [5.41, 5.74) is 0. The molecule has 0 aromatic carbocycles. The van der Waals surface area contributed by atoms with Crippen molar-refractivity contribution in [3.8, 4) is 0 Å². The summed E-state index contributed by atoms with van der Waals surface area (Å²) in [6, 6.07) is 0.522. The lowest BCUT2D eigenvalue weighted by molar-refractivity contribution is 0.315. The molecular formula is C9H17N3. The normalized spacial score (nSPS) is 29.1. The smallest absolute Gasteiger partial charge is 0.191 e. The molecule has 1 saturated carbocycles. The van der Waals surface area contributed by atoms with E-state index in [1.165, 1.54) is 19.3 Å². The average Bonchev–Trinajstić information content (AvgIpc) is 2.32. The van der Waals surface area contributed by atoms with Gasteiger partial charge in [0, 0.05) is 12.6 Å². The highest BCUT2D eigenvalue weighted by atomic mass is 15.2. The van der Waals surface area contributed by atoms with Crippen LogP contribution in [0.2, 0.25) is 0 Å². The first-order chi connectivity index (χ1) is 5.84. The van der Waals surface area contributed by atoms with Crippen LogP contribution < -0.4 is 10.6 Å². The fraction of sp³-hybridized carbons (Fsp3) is 0.889. The largest absolute Gasteiger partial charge is 0.356 e. The maximum atomic E-state index is 4.34. The van der Waals surface area contributed by atoms with E-state index in [0.717, 1.165) is 25.0 Å². The van der Waals surface area contributed by atoms with Crippen LogP contribution in [-0.2, 0) is 0 Å². The van der Waals surface area contributed by atoms with Gasteiger partial charge in [-0.25, -0.2) is 0 Å². The molecule has 0 radical (unpaired) electrons. The Morgan fingerprint density at radius 2 is 2.42 bits per heavy atom. The Labute approximate surface area is 73.6 Å². The van der Waals surface area contributed by atoms with Gasteiger partial charge in [-0.05, 0) is 25.7 Å². The van der Waals surface area contributed by atoms with E-state index in [-0.39, 0.29) is 0 Å². The summed E-state index contributed by atoms with van der Waals surface area (Å²) in [6.45, 7) is 4.19. The molecule has 68 valence electrons. The summed E-state index contributed by atoms with van der Waals surface area (Å²) in [6.07, 6.45) is 4.22. The number of hydrogen-bond acceptors (Lipinski definition) is 3. The summed E-state index contributed by atoms with van der Waals surface area (Å²) in [5, 5.41) is 6.65. The highest BCUT2D eigenvalue weighted by Crippen LogP contribution is 2.25. The molecule has 2 aliphatic rings. The molecule has 1 heterocycles. The van der Waals surface area contributed by atoms with Crippen molar-refractivity contribution in [3.63, 3.8) is 0 Å². The van der Waals surface area contributed by atoms with Crippen molar-refractivity contribution in [2.24, 2.45) is 10.9 Å². The third kappa shape index (κ3) is 1.71. The Balaban J connectivity index is 1.66. The van der Waals surface area contributed by atoms with Gasteiger partial charge in [0.25, 0.3) is 0 Å². The fourth-order valence-electron chi connectivity index (χ4n) is 1.60. The quantitative estimate of drug-likeness (QED) is 0.636. The van der Waals surface area contributed by atoms with Gasteiger partial charge in [-0.1, -0.05) is 6.42 Å². The lowest BCUT2D eigenvalue weighted by Gasteiger charge is -2.25. The standard InChI is InChI=1S/C9H17N3/c1-7-5-10-9(12-7)11-6-8-3-2-4-8/h7-8H,2-6H2,1H3,(H2,10,11,12). The summed E-state index contributed by atoms with van der Waals surface area (Å²) < 4.78 is 0. The maximum absolute atomic E-state index is 4.34. The third-order valence-electron chi connectivity index (χ3n) is 2.69. The summed E-state index contributed by atoms with van der Waals surface area (Å²) in [5.74, 6) is 1.92. The van der Waals surface area contributed by atoms with Crippen molar-refractivity contribution in [2.75, 3.05) is 13.1 Å². The van der Waals surface area contributed by atoms with Crippen LogP contribution in [-0.4, -0.2) is 25.1 Å². The molecule has 1 atom stereocenters. The van der Waals surface area contributed by atoms with Crippen LogP contribution in [0.3, 0.4) is 0 Å². The number of nitrogens with one attached hydrogen (secondary N) is 2. The van der Waals surface area contributed by atoms with Gasteiger partial charge in [-0.2, -0.15) is 0 Å². The molecule has 0 amide bonds. The molecule has 2 N–H and O–H groups in total. The van der Waals surface area contributed by atoms with Crippen molar-refractivity contribution in [1.82, 2.24) is 10.6 Å². The maximum Gasteiger partial charge on any atom is 0.191 e. The Kier molecular flexibility index (Phi) is 2.19. The molecule has 0 spiro atoms. The van der Waals surface area contributed by atoms with E-state index in [2.05, 4.69) is 22.5 Å². The van der Waals surface area contributed by atoms with E-state index in [1.54, 1.807) is 0 Å². The van der Waals surface area contributed by atoms with Crippen molar-refractivity contribution in [2.45, 2.75) is 32.2 Å². The molecule has 2 rings (SSSR count). The first-order valence-electron chi connectivity index (χ1n) is 4.89. The Bertz CT molecular complexity index is 184. The van der Waals surface area contributed by atoms with Crippen LogP contribution >= 0.6 is 0 Å². The van der Waals surface area contributed by atoms with E-state index >= 15 is 0 Å². The van der Waals surface area contributed by atoms with Crippen molar-refractivity contribution < 1.29 is 0 Å². The Morgan fingerprint density at radius 1 is 1.58 bits per heavy atom. The predicted molar refractivity (Wildman–Crippen MR) is 50.2 cm³/mol. The second-order valence-corrected chi connectivity index (χ2v) is 3.91. The lowest BCUT2D eigenvalue weighted by Crippen LogP contribution is -2.40. The molecular weight excluding hydrogens is 150 g/mol. The van der Waals surface area contributed by atoms with Gasteiger partial charge in [0.1, 0.15) is 0 Å². The summed E-state index contributed by atoms with van der Waals surface area (Å²) in [4.78, 5) is 4.34. The molecule has 1 aliphatic carbocycles. The highest BCUT2D eigenvalue weighted by Gasteiger charge is 2.18. The van der Waals surface area contributed by atoms with Crippen LogP contribution in [0, 0.1) is 5.92 Å². The zero-order chi connectivity index (χ0) is 8.39. The molecule has 0 aromatic heterocycles. The molecule has 1 aliphatic heterocycles. The Hall–Kier alpha value is -0.730. The van der Waals surface area contributed by atoms with Gasteiger partial charge in [-0.15, -0.1) is 0 Å². The SMILES string of the molecule is CC1CN=C(NCC2CCC2)N1. The van der Waals surface area contributed by atoms with E-state index in [1.807, 2.05) is 0 Å². The zero-order valence-electron chi connectivity index (χ0n) is 7.64. The molecule has 1 fully saturated rings. The molecule has 0 aromatic rings. The fourth-order valence-corrected chi connectivity index (χ4v) is 1.60. The number of rotatable bonds is 2. The Morgan fingerprint density at radius 3 is 2.92 bits per heavy atom. The highest BCUT2D eigenvalue weighted by molar-refractivity contribution is 5.81. The van der Waals surface area contributed by atoms with Gasteiger partial charge in [-0.3, -0.25) is 4.99 Å². The minimum Gasteiger partial charge on any atom is -0.356 e. The van der Waals surface area contributed by atoms with Crippen LogP contribution in [0.25, 0.3) is 0 Å². The third-order valence-corrected chi connectivity index (χ3v) is 2.69. The molecule has 1 unspecified atom stereocenters. The molecule has 12 heavy (non-hydrogen) atoms. The van der Waals surface area contributed by atoms with Gasteiger partial charge >= 0.3 is 0 Å². The topological polar surface area (TPSA) is 36.4 Å². The summed E-state index contributed by atoms with van der Waals surface area (Å²) >= 11 is 0. The second kappa shape index (κ2) is 3.33. The van der Waals surface area contributed by atoms with E-state index in [4.69, 9.17) is 0 Å². The van der Waals surface area contributed by atoms with Crippen LogP contribution in [0.1, 0.15) is 26.2 Å². The van der Waals surface area contributed by atoms with Gasteiger partial charge in [0.05, 0.1) is 6.54 Å². The van der Waals surface area contributed by atoms with Crippen molar-refractivity contribution in [1.29, 1.82) is 0 Å². The number of guanidine groups is 1. The van der Waals surface area contributed by atoms with Gasteiger partial charge in [0.15, 0.2) is 5.96 Å². The lowest BCUT2D eigenvalue weighted by atomic mass is 9.85.